The minimum Gasteiger partial charge on any atom is -0.497 e. The molecule has 8 nitrogen and oxygen atoms in total. The number of nitrogens with one attached hydrogen (secondary N) is 2. The third-order valence-electron chi connectivity index (χ3n) is 4.43. The molecule has 1 atom stereocenters. The lowest BCUT2D eigenvalue weighted by molar-refractivity contribution is -0.150. The number of hydrogen-bond acceptors (Lipinski definition) is 7. The first kappa shape index (κ1) is 22.2. The largest absolute Gasteiger partial charge is 0.497 e. The van der Waals surface area contributed by atoms with Crippen LogP contribution in [0.4, 0.5) is 5.13 Å². The van der Waals surface area contributed by atoms with E-state index in [1.54, 1.807) is 63.4 Å². The highest BCUT2D eigenvalue weighted by molar-refractivity contribution is 7.22. The molecule has 3 aromatic rings. The van der Waals surface area contributed by atoms with Gasteiger partial charge in [-0.25, -0.2) is 9.78 Å². The Kier molecular flexibility index (Phi) is 7.19. The molecule has 0 spiro atoms. The maximum Gasteiger partial charge on any atom is 0.329 e. The van der Waals surface area contributed by atoms with Crippen molar-refractivity contribution in [1.82, 2.24) is 10.3 Å². The van der Waals surface area contributed by atoms with Gasteiger partial charge >= 0.3 is 5.97 Å². The number of amides is 2. The van der Waals surface area contributed by atoms with Crippen molar-refractivity contribution in [3.63, 3.8) is 0 Å². The SMILES string of the molecule is COc1ccc2nc(NC(=O)COC(=O)[C@H](NC(=O)c3ccccc3)C(C)C)sc2c1. The van der Waals surface area contributed by atoms with Crippen molar-refractivity contribution in [2.24, 2.45) is 5.92 Å². The summed E-state index contributed by atoms with van der Waals surface area (Å²) in [5.41, 5.74) is 1.16. The maximum atomic E-state index is 12.5. The fourth-order valence-electron chi connectivity index (χ4n) is 2.78. The second kappa shape index (κ2) is 10.0. The second-order valence-electron chi connectivity index (χ2n) is 7.07. The fourth-order valence-corrected chi connectivity index (χ4v) is 3.69. The zero-order valence-corrected chi connectivity index (χ0v) is 18.2. The maximum absolute atomic E-state index is 12.5. The van der Waals surface area contributed by atoms with Crippen molar-refractivity contribution in [2.75, 3.05) is 19.0 Å². The number of benzene rings is 2. The number of hydrogen-bond donors (Lipinski definition) is 2. The first-order valence-corrected chi connectivity index (χ1v) is 10.5. The predicted octanol–water partition coefficient (Wildman–Crippen LogP) is 3.24. The molecule has 0 aliphatic rings. The van der Waals surface area contributed by atoms with Crippen LogP contribution in [0.15, 0.2) is 48.5 Å². The lowest BCUT2D eigenvalue weighted by atomic mass is 10.0. The van der Waals surface area contributed by atoms with E-state index in [1.807, 2.05) is 6.07 Å². The number of nitrogens with zero attached hydrogens (tertiary/aromatic N) is 1. The third-order valence-corrected chi connectivity index (χ3v) is 5.36. The summed E-state index contributed by atoms with van der Waals surface area (Å²) in [6.45, 7) is 3.09. The first-order valence-electron chi connectivity index (χ1n) is 9.64. The minimum atomic E-state index is -0.879. The molecule has 162 valence electrons. The number of esters is 1. The lowest BCUT2D eigenvalue weighted by Crippen LogP contribution is -2.45. The Morgan fingerprint density at radius 3 is 2.52 bits per heavy atom. The van der Waals surface area contributed by atoms with Gasteiger partial charge in [-0.15, -0.1) is 0 Å². The topological polar surface area (TPSA) is 107 Å². The molecule has 0 unspecified atom stereocenters. The van der Waals surface area contributed by atoms with Crippen LogP contribution >= 0.6 is 11.3 Å². The van der Waals surface area contributed by atoms with E-state index in [2.05, 4.69) is 15.6 Å². The molecule has 1 aromatic heterocycles. The summed E-state index contributed by atoms with van der Waals surface area (Å²) >= 11 is 1.29. The Bertz CT molecular complexity index is 1080. The van der Waals surface area contributed by atoms with Crippen molar-refractivity contribution >= 4 is 44.5 Å². The lowest BCUT2D eigenvalue weighted by Gasteiger charge is -2.20. The molecular weight excluding hydrogens is 418 g/mol. The normalized spacial score (nSPS) is 11.7. The van der Waals surface area contributed by atoms with Crippen LogP contribution in [0.25, 0.3) is 10.2 Å². The van der Waals surface area contributed by atoms with Gasteiger partial charge in [-0.3, -0.25) is 14.9 Å². The molecule has 2 N–H and O–H groups in total. The molecule has 0 radical (unpaired) electrons. The summed E-state index contributed by atoms with van der Waals surface area (Å²) in [5, 5.41) is 5.68. The van der Waals surface area contributed by atoms with Gasteiger partial charge in [-0.05, 0) is 36.2 Å². The van der Waals surface area contributed by atoms with Crippen molar-refractivity contribution in [2.45, 2.75) is 19.9 Å². The van der Waals surface area contributed by atoms with Gasteiger partial charge in [0.2, 0.25) is 0 Å². The number of methoxy groups -OCH3 is 1. The summed E-state index contributed by atoms with van der Waals surface area (Å²) < 4.78 is 11.2. The number of fused-ring (bicyclic) bond motifs is 1. The summed E-state index contributed by atoms with van der Waals surface area (Å²) in [6.07, 6.45) is 0. The van der Waals surface area contributed by atoms with E-state index in [1.165, 1.54) is 11.3 Å². The molecule has 0 fully saturated rings. The third kappa shape index (κ3) is 5.79. The molecule has 3 rings (SSSR count). The average Bonchev–Trinajstić information content (AvgIpc) is 3.17. The monoisotopic (exact) mass is 441 g/mol. The standard InChI is InChI=1S/C22H23N3O5S/c1-13(2)19(25-20(27)14-7-5-4-6-8-14)21(28)30-12-18(26)24-22-23-16-10-9-15(29-3)11-17(16)31-22/h4-11,13,19H,12H2,1-3H3,(H,25,27)(H,23,24,26)/t19-/m1/s1. The van der Waals surface area contributed by atoms with Crippen LogP contribution in [0.5, 0.6) is 5.75 Å². The van der Waals surface area contributed by atoms with Crippen LogP contribution in [-0.2, 0) is 14.3 Å². The van der Waals surface area contributed by atoms with Gasteiger partial charge in [0.25, 0.3) is 11.8 Å². The summed E-state index contributed by atoms with van der Waals surface area (Å²) in [4.78, 5) is 41.4. The van der Waals surface area contributed by atoms with Crippen molar-refractivity contribution in [3.8, 4) is 5.75 Å². The molecule has 0 bridgehead atoms. The van der Waals surface area contributed by atoms with E-state index in [0.29, 0.717) is 16.4 Å². The minimum absolute atomic E-state index is 0.220. The van der Waals surface area contributed by atoms with Crippen LogP contribution in [0.3, 0.4) is 0 Å². The molecule has 0 aliphatic carbocycles. The van der Waals surface area contributed by atoms with E-state index in [4.69, 9.17) is 9.47 Å². The molecule has 9 heteroatoms. The molecule has 0 saturated heterocycles. The van der Waals surface area contributed by atoms with Crippen LogP contribution in [0.1, 0.15) is 24.2 Å². The van der Waals surface area contributed by atoms with E-state index < -0.39 is 24.5 Å². The van der Waals surface area contributed by atoms with E-state index in [9.17, 15) is 14.4 Å². The zero-order chi connectivity index (χ0) is 22.4. The quantitative estimate of drug-likeness (QED) is 0.520. The van der Waals surface area contributed by atoms with Crippen molar-refractivity contribution < 1.29 is 23.9 Å². The summed E-state index contributed by atoms with van der Waals surface area (Å²) in [5.74, 6) is -1.10. The first-order chi connectivity index (χ1) is 14.9. The Morgan fingerprint density at radius 1 is 1.10 bits per heavy atom. The highest BCUT2D eigenvalue weighted by Gasteiger charge is 2.26. The van der Waals surface area contributed by atoms with Crippen LogP contribution in [0, 0.1) is 5.92 Å². The number of thiazole rings is 1. The molecule has 0 aliphatic heterocycles. The summed E-state index contributed by atoms with van der Waals surface area (Å²) in [6, 6.07) is 13.1. The van der Waals surface area contributed by atoms with Gasteiger partial charge in [-0.1, -0.05) is 43.4 Å². The highest BCUT2D eigenvalue weighted by atomic mass is 32.1. The highest BCUT2D eigenvalue weighted by Crippen LogP contribution is 2.29. The van der Waals surface area contributed by atoms with Crippen molar-refractivity contribution in [1.29, 1.82) is 0 Å². The smallest absolute Gasteiger partial charge is 0.329 e. The average molecular weight is 442 g/mol. The molecule has 1 heterocycles. The number of rotatable bonds is 8. The van der Waals surface area contributed by atoms with Gasteiger partial charge in [0.1, 0.15) is 11.8 Å². The van der Waals surface area contributed by atoms with E-state index in [0.717, 1.165) is 10.2 Å². The summed E-state index contributed by atoms with van der Waals surface area (Å²) in [7, 11) is 1.58. The Morgan fingerprint density at radius 2 is 1.84 bits per heavy atom. The van der Waals surface area contributed by atoms with E-state index >= 15 is 0 Å². The second-order valence-corrected chi connectivity index (χ2v) is 8.10. The number of ether oxygens (including phenoxy) is 2. The number of carbonyl (C=O) groups is 3. The number of aromatic nitrogens is 1. The predicted molar refractivity (Wildman–Crippen MR) is 118 cm³/mol. The van der Waals surface area contributed by atoms with Crippen LogP contribution in [-0.4, -0.2) is 42.5 Å². The van der Waals surface area contributed by atoms with Gasteiger partial charge in [-0.2, -0.15) is 0 Å². The van der Waals surface area contributed by atoms with Gasteiger partial charge in [0.05, 0.1) is 17.3 Å². The molecule has 31 heavy (non-hydrogen) atoms. The Hall–Kier alpha value is -3.46. The molecular formula is C22H23N3O5S. The molecule has 0 saturated carbocycles. The van der Waals surface area contributed by atoms with Crippen LogP contribution < -0.4 is 15.4 Å². The molecule has 2 amide bonds. The Balaban J connectivity index is 1.56. The van der Waals surface area contributed by atoms with Crippen molar-refractivity contribution in [3.05, 3.63) is 54.1 Å². The zero-order valence-electron chi connectivity index (χ0n) is 17.4. The van der Waals surface area contributed by atoms with Crippen LogP contribution in [0.2, 0.25) is 0 Å². The van der Waals surface area contributed by atoms with E-state index in [-0.39, 0.29) is 11.8 Å². The molecule has 2 aromatic carbocycles. The van der Waals surface area contributed by atoms with Gasteiger partial charge in [0.15, 0.2) is 11.7 Å². The fraction of sp³-hybridized carbons (Fsp3) is 0.273. The van der Waals surface area contributed by atoms with Gasteiger partial charge < -0.3 is 14.8 Å². The number of carbonyl (C=O) groups excluding carboxylic acids is 3. The number of anilines is 1. The van der Waals surface area contributed by atoms with Gasteiger partial charge in [0, 0.05) is 5.56 Å². The Labute approximate surface area is 183 Å².